The highest BCUT2D eigenvalue weighted by molar-refractivity contribution is 6.90. The molecule has 360 valence electrons. The Balaban J connectivity index is 1.53. The van der Waals surface area contributed by atoms with Crippen LogP contribution < -0.4 is 24.2 Å². The molecular formula is C52H75F3N6O3Si2. The largest absolute Gasteiger partial charge is 0.543 e. The second kappa shape index (κ2) is 20.8. The van der Waals surface area contributed by atoms with E-state index in [0.717, 1.165) is 45.2 Å². The van der Waals surface area contributed by atoms with Crippen LogP contribution in [0.3, 0.4) is 0 Å². The third-order valence-electron chi connectivity index (χ3n) is 15.1. The Hall–Kier alpha value is -3.91. The van der Waals surface area contributed by atoms with Gasteiger partial charge in [0.25, 0.3) is 8.32 Å². The van der Waals surface area contributed by atoms with Crippen molar-refractivity contribution >= 4 is 43.9 Å². The van der Waals surface area contributed by atoms with Gasteiger partial charge in [0.2, 0.25) is 5.88 Å². The summed E-state index contributed by atoms with van der Waals surface area (Å²) in [4.78, 5) is 14.9. The highest BCUT2D eigenvalue weighted by Gasteiger charge is 2.47. The molecule has 4 aromatic rings. The number of fused-ring (bicyclic) bond motifs is 3. The van der Waals surface area contributed by atoms with E-state index in [1.54, 1.807) is 6.07 Å². The van der Waals surface area contributed by atoms with Crippen molar-refractivity contribution in [2.75, 3.05) is 50.9 Å². The second-order valence-electron chi connectivity index (χ2n) is 21.0. The van der Waals surface area contributed by atoms with Gasteiger partial charge in [-0.25, -0.2) is 23.2 Å². The Labute approximate surface area is 394 Å². The van der Waals surface area contributed by atoms with E-state index in [1.165, 1.54) is 6.07 Å². The second-order valence-corrected chi connectivity index (χ2v) is 32.0. The van der Waals surface area contributed by atoms with Gasteiger partial charge in [-0.05, 0) is 101 Å². The van der Waals surface area contributed by atoms with Crippen molar-refractivity contribution < 1.29 is 27.1 Å². The van der Waals surface area contributed by atoms with Gasteiger partial charge in [0.05, 0.1) is 18.7 Å². The summed E-state index contributed by atoms with van der Waals surface area (Å²) in [7, 11) is -4.88. The number of hydrogen-bond acceptors (Lipinski definition) is 9. The van der Waals surface area contributed by atoms with E-state index in [9.17, 15) is 4.39 Å². The SMILES string of the molecule is CC(C)[Si](C#Cc1c(F)ccc2cc(O[Si](C(C)C)(C(C)C)C(C)C)cc(-c3nc4c5c(nc(OC[C@@H]6CCCNC[C@H](F)C6)nc5c3F)N3CCCCCN3CCO4)c12)(C(C)C)C(C)C. The number of benzene rings is 2. The minimum Gasteiger partial charge on any atom is -0.543 e. The summed E-state index contributed by atoms with van der Waals surface area (Å²) in [5.74, 6) is 3.45. The minimum atomic E-state index is -2.54. The summed E-state index contributed by atoms with van der Waals surface area (Å²) in [6.07, 6.45) is 4.01. The zero-order valence-corrected chi connectivity index (χ0v) is 43.7. The number of hydrazine groups is 1. The zero-order valence-electron chi connectivity index (χ0n) is 41.7. The van der Waals surface area contributed by atoms with Crippen LogP contribution in [-0.2, 0) is 0 Å². The monoisotopic (exact) mass is 945 g/mol. The van der Waals surface area contributed by atoms with Crippen LogP contribution in [0.1, 0.15) is 127 Å². The van der Waals surface area contributed by atoms with E-state index in [2.05, 4.69) is 110 Å². The third kappa shape index (κ3) is 9.70. The van der Waals surface area contributed by atoms with Gasteiger partial charge in [-0.3, -0.25) is 5.01 Å². The quantitative estimate of drug-likeness (QED) is 0.110. The number of aromatic nitrogens is 3. The van der Waals surface area contributed by atoms with Crippen molar-refractivity contribution in [3.63, 3.8) is 0 Å². The van der Waals surface area contributed by atoms with Crippen molar-refractivity contribution in [3.05, 3.63) is 41.5 Å². The molecule has 0 saturated carbocycles. The van der Waals surface area contributed by atoms with Gasteiger partial charge in [-0.1, -0.05) is 101 Å². The molecule has 9 nitrogen and oxygen atoms in total. The molecule has 0 amide bonds. The number of nitrogens with one attached hydrogen (secondary N) is 1. The first-order valence-corrected chi connectivity index (χ1v) is 29.3. The van der Waals surface area contributed by atoms with Gasteiger partial charge >= 0.3 is 6.01 Å². The molecule has 2 atom stereocenters. The first-order valence-electron chi connectivity index (χ1n) is 24.9. The van der Waals surface area contributed by atoms with Crippen LogP contribution in [0.2, 0.25) is 33.2 Å². The topological polar surface area (TPSA) is 84.9 Å². The van der Waals surface area contributed by atoms with Gasteiger partial charge in [0, 0.05) is 30.6 Å². The van der Waals surface area contributed by atoms with Gasteiger partial charge in [-0.15, -0.1) is 5.54 Å². The van der Waals surface area contributed by atoms with E-state index in [0.29, 0.717) is 82.6 Å². The molecule has 2 aromatic heterocycles. The first-order chi connectivity index (χ1) is 31.4. The zero-order chi connectivity index (χ0) is 47.7. The van der Waals surface area contributed by atoms with Gasteiger partial charge in [0.15, 0.2) is 11.6 Å². The standard InChI is InChI=1S/C52H75F3N6O3Si2/c1-32(2)65(33(3)4,34(5)6)26-20-42-44(54)19-18-39-28-41(64-66(35(7)8,36(9)10)37(11)12)29-43(45(39)42)48-47(55)49-46-50(61-23-15-13-14-22-60(61)24-25-62-51(46)57-48)59-52(58-49)63-31-38-17-16-21-56-30-40(53)27-38/h18-19,28-29,32-38,40,56H,13-17,21-25,27,30-31H2,1-12H3/t38-,40-/m1/s1. The Kier molecular flexibility index (Phi) is 15.7. The lowest BCUT2D eigenvalue weighted by atomic mass is 9.95. The van der Waals surface area contributed by atoms with E-state index in [1.807, 2.05) is 12.1 Å². The lowest BCUT2D eigenvalue weighted by molar-refractivity contribution is 0.165. The summed E-state index contributed by atoms with van der Waals surface area (Å²) in [6.45, 7) is 30.4. The molecule has 0 spiro atoms. The Bertz CT molecular complexity index is 2380. The maximum absolute atomic E-state index is 18.3. The molecule has 7 rings (SSSR count). The van der Waals surface area contributed by atoms with Crippen LogP contribution in [0.25, 0.3) is 32.9 Å². The fourth-order valence-corrected chi connectivity index (χ4v) is 22.4. The van der Waals surface area contributed by atoms with Crippen molar-refractivity contribution in [1.82, 2.24) is 25.3 Å². The molecule has 2 saturated heterocycles. The molecular weight excluding hydrogens is 870 g/mol. The van der Waals surface area contributed by atoms with Crippen LogP contribution in [-0.4, -0.2) is 88.5 Å². The maximum Gasteiger partial charge on any atom is 0.319 e. The van der Waals surface area contributed by atoms with Gasteiger partial charge < -0.3 is 19.2 Å². The molecule has 5 heterocycles. The Morgan fingerprint density at radius 2 is 1.52 bits per heavy atom. The number of halogens is 3. The van der Waals surface area contributed by atoms with Crippen LogP contribution in [0.15, 0.2) is 24.3 Å². The normalized spacial score (nSPS) is 19.1. The molecule has 66 heavy (non-hydrogen) atoms. The highest BCUT2D eigenvalue weighted by atomic mass is 28.4. The highest BCUT2D eigenvalue weighted by Crippen LogP contribution is 2.47. The van der Waals surface area contributed by atoms with Gasteiger partial charge in [0.1, 0.15) is 49.0 Å². The maximum atomic E-state index is 18.3. The Morgan fingerprint density at radius 3 is 2.20 bits per heavy atom. The summed E-state index contributed by atoms with van der Waals surface area (Å²) in [5, 5.41) is 9.00. The molecule has 1 N–H and O–H groups in total. The predicted octanol–water partition coefficient (Wildman–Crippen LogP) is 13.0. The average Bonchev–Trinajstić information content (AvgIpc) is 3.48. The number of anilines is 1. The number of alkyl halides is 1. The molecule has 3 aliphatic heterocycles. The van der Waals surface area contributed by atoms with Crippen molar-refractivity contribution in [2.45, 2.75) is 161 Å². The average molecular weight is 945 g/mol. The molecule has 0 bridgehead atoms. The third-order valence-corrected chi connectivity index (χ3v) is 27.4. The lowest BCUT2D eigenvalue weighted by Crippen LogP contribution is -2.50. The summed E-state index contributed by atoms with van der Waals surface area (Å²) >= 11 is 0. The molecule has 0 unspecified atom stereocenters. The number of rotatable bonds is 12. The minimum absolute atomic E-state index is 0.00375. The number of hydrogen-bond donors (Lipinski definition) is 1. The summed E-state index contributed by atoms with van der Waals surface area (Å²) < 4.78 is 70.3. The smallest absolute Gasteiger partial charge is 0.319 e. The molecule has 2 fully saturated rings. The molecule has 0 aliphatic carbocycles. The van der Waals surface area contributed by atoms with Crippen molar-refractivity contribution in [2.24, 2.45) is 5.92 Å². The fraction of sp³-hybridized carbons (Fsp3) is 0.635. The molecule has 2 aromatic carbocycles. The van der Waals surface area contributed by atoms with Gasteiger partial charge in [-0.2, -0.15) is 9.97 Å². The number of ether oxygens (including phenoxy) is 2. The first kappa shape index (κ1) is 50.0. The molecule has 14 heteroatoms. The molecule has 0 radical (unpaired) electrons. The molecule has 3 aliphatic rings. The van der Waals surface area contributed by atoms with Crippen LogP contribution in [0.5, 0.6) is 17.6 Å². The number of nitrogens with zero attached hydrogens (tertiary/aromatic N) is 5. The van der Waals surface area contributed by atoms with E-state index < -0.39 is 34.2 Å². The summed E-state index contributed by atoms with van der Waals surface area (Å²) in [6, 6.07) is 7.05. The summed E-state index contributed by atoms with van der Waals surface area (Å²) in [5.41, 5.74) is 6.01. The van der Waals surface area contributed by atoms with Crippen LogP contribution in [0.4, 0.5) is 19.0 Å². The van der Waals surface area contributed by atoms with Crippen LogP contribution >= 0.6 is 0 Å². The van der Waals surface area contributed by atoms with Crippen molar-refractivity contribution in [3.8, 4) is 40.4 Å². The number of pyridine rings is 1. The Morgan fingerprint density at radius 1 is 0.818 bits per heavy atom. The fourth-order valence-electron chi connectivity index (χ4n) is 12.0. The predicted molar refractivity (Wildman–Crippen MR) is 269 cm³/mol. The lowest BCUT2D eigenvalue weighted by Gasteiger charge is -2.42. The van der Waals surface area contributed by atoms with Crippen LogP contribution in [0, 0.1) is 29.0 Å². The van der Waals surface area contributed by atoms with E-state index >= 15 is 8.78 Å². The van der Waals surface area contributed by atoms with E-state index in [-0.39, 0.29) is 57.8 Å². The van der Waals surface area contributed by atoms with E-state index in [4.69, 9.17) is 28.9 Å². The van der Waals surface area contributed by atoms with Crippen molar-refractivity contribution in [1.29, 1.82) is 0 Å².